The van der Waals surface area contributed by atoms with Crippen molar-refractivity contribution in [1.82, 2.24) is 15.0 Å². The molecule has 24 heavy (non-hydrogen) atoms. The first kappa shape index (κ1) is 15.7. The Kier molecular flexibility index (Phi) is 4.55. The second-order valence-electron chi connectivity index (χ2n) is 4.86. The predicted octanol–water partition coefficient (Wildman–Crippen LogP) is 3.01. The molecule has 3 aromatic rings. The van der Waals surface area contributed by atoms with E-state index in [4.69, 9.17) is 0 Å². The minimum absolute atomic E-state index is 0.139. The number of anilines is 2. The zero-order valence-electron chi connectivity index (χ0n) is 12.4. The maximum atomic E-state index is 12.9. The molecule has 0 spiro atoms. The highest BCUT2D eigenvalue weighted by molar-refractivity contribution is 5.95. The summed E-state index contributed by atoms with van der Waals surface area (Å²) in [5.41, 5.74) is 0.385. The predicted molar refractivity (Wildman–Crippen MR) is 85.9 cm³/mol. The summed E-state index contributed by atoms with van der Waals surface area (Å²) in [4.78, 5) is 23.5. The molecular formula is C16H13F2N5O. The van der Waals surface area contributed by atoms with Crippen molar-refractivity contribution in [2.75, 3.05) is 17.2 Å². The van der Waals surface area contributed by atoms with Gasteiger partial charge in [-0.05, 0) is 24.3 Å². The van der Waals surface area contributed by atoms with Gasteiger partial charge in [0, 0.05) is 11.6 Å². The topological polar surface area (TPSA) is 79.8 Å². The first-order chi connectivity index (χ1) is 11.6. The Hall–Kier alpha value is -3.16. The quantitative estimate of drug-likeness (QED) is 0.752. The third-order valence-electron chi connectivity index (χ3n) is 3.16. The van der Waals surface area contributed by atoms with Crippen LogP contribution in [-0.2, 0) is 4.79 Å². The minimum atomic E-state index is -2.79. The normalized spacial score (nSPS) is 10.8. The second kappa shape index (κ2) is 6.95. The fourth-order valence-corrected chi connectivity index (χ4v) is 2.11. The Bertz CT molecular complexity index is 857. The molecule has 0 atom stereocenters. The number of amides is 1. The van der Waals surface area contributed by atoms with Crippen LogP contribution < -0.4 is 10.6 Å². The van der Waals surface area contributed by atoms with Crippen molar-refractivity contribution in [3.8, 4) is 0 Å². The molecule has 0 radical (unpaired) electrons. The van der Waals surface area contributed by atoms with Gasteiger partial charge in [0.2, 0.25) is 5.91 Å². The monoisotopic (exact) mass is 329 g/mol. The summed E-state index contributed by atoms with van der Waals surface area (Å²) in [7, 11) is 0. The van der Waals surface area contributed by atoms with Crippen LogP contribution in [0.3, 0.4) is 0 Å². The van der Waals surface area contributed by atoms with Gasteiger partial charge >= 0.3 is 0 Å². The van der Waals surface area contributed by atoms with Gasteiger partial charge in [-0.3, -0.25) is 4.79 Å². The Labute approximate surface area is 136 Å². The van der Waals surface area contributed by atoms with Crippen LogP contribution in [0.25, 0.3) is 10.9 Å². The fourth-order valence-electron chi connectivity index (χ4n) is 2.11. The average molecular weight is 329 g/mol. The number of pyridine rings is 1. The van der Waals surface area contributed by atoms with Gasteiger partial charge in [-0.25, -0.2) is 23.7 Å². The number of carbonyl (C=O) groups is 1. The average Bonchev–Trinajstić information content (AvgIpc) is 2.60. The number of nitrogens with zero attached hydrogens (tertiary/aromatic N) is 3. The lowest BCUT2D eigenvalue weighted by Crippen LogP contribution is -2.23. The fraction of sp³-hybridized carbons (Fsp3) is 0.125. The van der Waals surface area contributed by atoms with Gasteiger partial charge in [-0.1, -0.05) is 18.2 Å². The molecule has 2 aromatic heterocycles. The molecule has 1 amide bonds. The highest BCUT2D eigenvalue weighted by Gasteiger charge is 2.15. The number of alkyl halides is 2. The summed E-state index contributed by atoms with van der Waals surface area (Å²) in [5.74, 6) is -0.353. The van der Waals surface area contributed by atoms with Gasteiger partial charge < -0.3 is 10.6 Å². The van der Waals surface area contributed by atoms with Crippen LogP contribution >= 0.6 is 0 Å². The van der Waals surface area contributed by atoms with E-state index in [0.29, 0.717) is 16.7 Å². The summed E-state index contributed by atoms with van der Waals surface area (Å²) in [6.07, 6.45) is -1.24. The van der Waals surface area contributed by atoms with Crippen molar-refractivity contribution in [1.29, 1.82) is 0 Å². The standard InChI is InChI=1S/C16H13F2N5O/c17-14(18)16-21-11-6-2-1-5-10(11)15(23-16)20-9-13(24)22-12-7-3-4-8-19-12/h1-8,14H,9H2,(H,19,22,24)(H,20,21,23). The lowest BCUT2D eigenvalue weighted by atomic mass is 10.2. The summed E-state index contributed by atoms with van der Waals surface area (Å²) < 4.78 is 25.8. The zero-order chi connectivity index (χ0) is 16.9. The first-order valence-corrected chi connectivity index (χ1v) is 7.13. The van der Waals surface area contributed by atoms with Crippen LogP contribution in [-0.4, -0.2) is 27.4 Å². The molecule has 6 nitrogen and oxygen atoms in total. The van der Waals surface area contributed by atoms with Gasteiger partial charge in [0.05, 0.1) is 12.1 Å². The van der Waals surface area contributed by atoms with E-state index in [1.54, 1.807) is 48.7 Å². The molecule has 1 aromatic carbocycles. The molecule has 122 valence electrons. The molecule has 0 fully saturated rings. The van der Waals surface area contributed by atoms with E-state index in [1.807, 2.05) is 0 Å². The van der Waals surface area contributed by atoms with Crippen LogP contribution in [0.1, 0.15) is 12.2 Å². The Morgan fingerprint density at radius 1 is 1.08 bits per heavy atom. The highest BCUT2D eigenvalue weighted by Crippen LogP contribution is 2.24. The van der Waals surface area contributed by atoms with E-state index in [0.717, 1.165) is 0 Å². The molecule has 0 bridgehead atoms. The van der Waals surface area contributed by atoms with Gasteiger partial charge in [0.1, 0.15) is 11.6 Å². The summed E-state index contributed by atoms with van der Waals surface area (Å²) in [6.45, 7) is -0.139. The number of carbonyl (C=O) groups excluding carboxylic acids is 1. The number of halogens is 2. The minimum Gasteiger partial charge on any atom is -0.360 e. The van der Waals surface area contributed by atoms with Crippen molar-refractivity contribution < 1.29 is 13.6 Å². The van der Waals surface area contributed by atoms with Crippen molar-refractivity contribution >= 4 is 28.4 Å². The van der Waals surface area contributed by atoms with Crippen molar-refractivity contribution in [3.05, 3.63) is 54.5 Å². The molecule has 0 aliphatic carbocycles. The molecule has 0 unspecified atom stereocenters. The van der Waals surface area contributed by atoms with E-state index < -0.39 is 12.2 Å². The molecule has 0 aliphatic heterocycles. The third kappa shape index (κ3) is 3.60. The maximum absolute atomic E-state index is 12.9. The number of hydrogen-bond donors (Lipinski definition) is 2. The van der Waals surface area contributed by atoms with Gasteiger partial charge in [-0.2, -0.15) is 0 Å². The molecule has 0 saturated heterocycles. The smallest absolute Gasteiger partial charge is 0.297 e. The van der Waals surface area contributed by atoms with E-state index in [9.17, 15) is 13.6 Å². The van der Waals surface area contributed by atoms with Crippen LogP contribution in [0.15, 0.2) is 48.7 Å². The Balaban J connectivity index is 1.78. The molecular weight excluding hydrogens is 316 g/mol. The number of aromatic nitrogens is 3. The van der Waals surface area contributed by atoms with Crippen LogP contribution in [0.4, 0.5) is 20.4 Å². The molecule has 8 heteroatoms. The first-order valence-electron chi connectivity index (χ1n) is 7.13. The van der Waals surface area contributed by atoms with Gasteiger partial charge in [-0.15, -0.1) is 0 Å². The van der Waals surface area contributed by atoms with Crippen molar-refractivity contribution in [3.63, 3.8) is 0 Å². The highest BCUT2D eigenvalue weighted by atomic mass is 19.3. The number of hydrogen-bond acceptors (Lipinski definition) is 5. The lowest BCUT2D eigenvalue weighted by molar-refractivity contribution is -0.114. The largest absolute Gasteiger partial charge is 0.360 e. The van der Waals surface area contributed by atoms with Gasteiger partial charge in [0.15, 0.2) is 5.82 Å². The van der Waals surface area contributed by atoms with E-state index in [1.165, 1.54) is 0 Å². The molecule has 2 heterocycles. The summed E-state index contributed by atoms with van der Waals surface area (Å²) in [5, 5.41) is 5.93. The summed E-state index contributed by atoms with van der Waals surface area (Å²) >= 11 is 0. The lowest BCUT2D eigenvalue weighted by Gasteiger charge is -2.10. The zero-order valence-corrected chi connectivity index (χ0v) is 12.4. The SMILES string of the molecule is O=C(CNc1nc(C(F)F)nc2ccccc12)Nc1ccccn1. The molecule has 0 aliphatic rings. The van der Waals surface area contributed by atoms with Crippen LogP contribution in [0.5, 0.6) is 0 Å². The molecule has 3 rings (SSSR count). The number of rotatable bonds is 5. The van der Waals surface area contributed by atoms with Crippen LogP contribution in [0.2, 0.25) is 0 Å². The van der Waals surface area contributed by atoms with Crippen molar-refractivity contribution in [2.24, 2.45) is 0 Å². The van der Waals surface area contributed by atoms with E-state index in [2.05, 4.69) is 25.6 Å². The summed E-state index contributed by atoms with van der Waals surface area (Å²) in [6, 6.07) is 11.9. The number of para-hydroxylation sites is 1. The van der Waals surface area contributed by atoms with Crippen molar-refractivity contribution in [2.45, 2.75) is 6.43 Å². The second-order valence-corrected chi connectivity index (χ2v) is 4.86. The number of nitrogens with one attached hydrogen (secondary N) is 2. The third-order valence-corrected chi connectivity index (χ3v) is 3.16. The van der Waals surface area contributed by atoms with Crippen LogP contribution in [0, 0.1) is 0 Å². The Morgan fingerprint density at radius 2 is 1.88 bits per heavy atom. The number of benzene rings is 1. The molecule has 2 N–H and O–H groups in total. The number of fused-ring (bicyclic) bond motifs is 1. The Morgan fingerprint density at radius 3 is 2.62 bits per heavy atom. The molecule has 0 saturated carbocycles. The van der Waals surface area contributed by atoms with Gasteiger partial charge in [0.25, 0.3) is 6.43 Å². The van der Waals surface area contributed by atoms with E-state index >= 15 is 0 Å². The maximum Gasteiger partial charge on any atom is 0.297 e. The van der Waals surface area contributed by atoms with E-state index in [-0.39, 0.29) is 18.3 Å².